The van der Waals surface area contributed by atoms with Crippen molar-refractivity contribution in [3.63, 3.8) is 0 Å². The van der Waals surface area contributed by atoms with Crippen LogP contribution in [0.2, 0.25) is 0 Å². The zero-order valence-corrected chi connectivity index (χ0v) is 22.4. The Hall–Kier alpha value is -2.77. The number of carbonyl (C=O) groups is 1. The third kappa shape index (κ3) is 7.06. The molecule has 14 nitrogen and oxygen atoms in total. The SMILES string of the molecule is CCC(=O)Nc1ccn([C@@H]2O[C@H](COP(=O)(O)OP(=O)(O)Cc3cccc4ccccc34)[C@@H](O)[C@H]2O)c(=O)n1. The second-order valence-electron chi connectivity index (χ2n) is 8.73. The van der Waals surface area contributed by atoms with Gasteiger partial charge in [-0.05, 0) is 22.4 Å². The minimum Gasteiger partial charge on any atom is -0.387 e. The molecule has 0 saturated carbocycles. The summed E-state index contributed by atoms with van der Waals surface area (Å²) in [5.74, 6) is -0.393. The Balaban J connectivity index is 1.39. The molecule has 1 aromatic heterocycles. The molecule has 2 unspecified atom stereocenters. The molecule has 0 spiro atoms. The Labute approximate surface area is 222 Å². The Morgan fingerprint density at radius 1 is 1.10 bits per heavy atom. The van der Waals surface area contributed by atoms with Crippen LogP contribution in [0.5, 0.6) is 0 Å². The van der Waals surface area contributed by atoms with Crippen molar-refractivity contribution in [3.05, 3.63) is 70.8 Å². The molecule has 16 heteroatoms. The standard InChI is InChI=1S/C23H27N3O11P2/c1-2-19(27)24-18-10-11-26(23(30)25-18)22-21(29)20(28)17(36-22)12-35-39(33,34)37-38(31,32)13-15-8-5-7-14-6-3-4-9-16(14)15/h3-11,17,20-22,28-29H,2,12-13H2,1H3,(H,31,32)(H,33,34)(H,24,25,27,30)/t17-,20-,21-,22-/m1/s1. The molecule has 1 fully saturated rings. The number of carbonyl (C=O) groups excluding carboxylic acids is 1. The van der Waals surface area contributed by atoms with E-state index in [1.165, 1.54) is 12.3 Å². The lowest BCUT2D eigenvalue weighted by atomic mass is 10.1. The van der Waals surface area contributed by atoms with Gasteiger partial charge in [-0.2, -0.15) is 4.98 Å². The first-order valence-corrected chi connectivity index (χ1v) is 15.0. The van der Waals surface area contributed by atoms with Gasteiger partial charge in [-0.3, -0.25) is 18.5 Å². The predicted molar refractivity (Wildman–Crippen MR) is 138 cm³/mol. The molecule has 3 aromatic rings. The number of benzene rings is 2. The third-order valence-electron chi connectivity index (χ3n) is 5.91. The number of rotatable bonds is 10. The van der Waals surface area contributed by atoms with E-state index in [2.05, 4.69) is 14.6 Å². The second-order valence-corrected chi connectivity index (χ2v) is 12.2. The lowest BCUT2D eigenvalue weighted by Crippen LogP contribution is -2.36. The number of ether oxygens (including phenoxy) is 1. The van der Waals surface area contributed by atoms with E-state index in [-0.39, 0.29) is 18.1 Å². The summed E-state index contributed by atoms with van der Waals surface area (Å²) in [7, 11) is -9.83. The maximum absolute atomic E-state index is 12.7. The van der Waals surface area contributed by atoms with E-state index in [0.29, 0.717) is 10.9 Å². The van der Waals surface area contributed by atoms with Crippen LogP contribution in [0.25, 0.3) is 10.8 Å². The molecular weight excluding hydrogens is 556 g/mol. The summed E-state index contributed by atoms with van der Waals surface area (Å²) in [6, 6.07) is 13.4. The summed E-state index contributed by atoms with van der Waals surface area (Å²) in [4.78, 5) is 47.9. The Bertz CT molecular complexity index is 1510. The molecular formula is C23H27N3O11P2. The van der Waals surface area contributed by atoms with Crippen molar-refractivity contribution in [1.82, 2.24) is 9.55 Å². The highest BCUT2D eigenvalue weighted by molar-refractivity contribution is 7.63. The van der Waals surface area contributed by atoms with Crippen LogP contribution in [0.3, 0.4) is 0 Å². The number of aliphatic hydroxyl groups excluding tert-OH is 2. The summed E-state index contributed by atoms with van der Waals surface area (Å²) >= 11 is 0. The number of anilines is 1. The Morgan fingerprint density at radius 2 is 1.82 bits per heavy atom. The van der Waals surface area contributed by atoms with Gasteiger partial charge >= 0.3 is 21.1 Å². The van der Waals surface area contributed by atoms with Crippen molar-refractivity contribution < 1.29 is 47.5 Å². The van der Waals surface area contributed by atoms with Crippen molar-refractivity contribution in [1.29, 1.82) is 0 Å². The molecule has 0 radical (unpaired) electrons. The monoisotopic (exact) mass is 583 g/mol. The van der Waals surface area contributed by atoms with E-state index >= 15 is 0 Å². The van der Waals surface area contributed by atoms with Gasteiger partial charge in [-0.25, -0.2) is 13.7 Å². The van der Waals surface area contributed by atoms with E-state index in [0.717, 1.165) is 9.95 Å². The average Bonchev–Trinajstić information content (AvgIpc) is 3.15. The number of aliphatic hydroxyl groups is 2. The maximum Gasteiger partial charge on any atom is 0.479 e. The van der Waals surface area contributed by atoms with Crippen LogP contribution in [0.4, 0.5) is 5.82 Å². The lowest BCUT2D eigenvalue weighted by Gasteiger charge is -2.20. The van der Waals surface area contributed by atoms with Gasteiger partial charge in [0.15, 0.2) is 6.23 Å². The van der Waals surface area contributed by atoms with E-state index in [1.807, 2.05) is 0 Å². The fourth-order valence-electron chi connectivity index (χ4n) is 4.03. The van der Waals surface area contributed by atoms with Crippen LogP contribution < -0.4 is 11.0 Å². The predicted octanol–water partition coefficient (Wildman–Crippen LogP) is 1.88. The van der Waals surface area contributed by atoms with Crippen molar-refractivity contribution in [2.24, 2.45) is 0 Å². The molecule has 1 aliphatic heterocycles. The summed E-state index contributed by atoms with van der Waals surface area (Å²) < 4.78 is 40.8. The van der Waals surface area contributed by atoms with Gasteiger partial charge in [-0.15, -0.1) is 0 Å². The smallest absolute Gasteiger partial charge is 0.387 e. The first kappa shape index (κ1) is 29.2. The Kier molecular flexibility index (Phi) is 8.82. The fraction of sp³-hybridized carbons (Fsp3) is 0.348. The molecule has 2 aromatic carbocycles. The van der Waals surface area contributed by atoms with Crippen molar-refractivity contribution in [2.75, 3.05) is 11.9 Å². The highest BCUT2D eigenvalue weighted by atomic mass is 31.3. The van der Waals surface area contributed by atoms with Gasteiger partial charge in [0.25, 0.3) is 0 Å². The van der Waals surface area contributed by atoms with Crippen LogP contribution >= 0.6 is 15.4 Å². The van der Waals surface area contributed by atoms with E-state index in [9.17, 15) is 38.7 Å². The van der Waals surface area contributed by atoms with Crippen molar-refractivity contribution in [3.8, 4) is 0 Å². The number of hydrogen-bond donors (Lipinski definition) is 5. The number of nitrogens with zero attached hydrogens (tertiary/aromatic N) is 2. The molecule has 0 bridgehead atoms. The van der Waals surface area contributed by atoms with Gasteiger partial charge in [0.05, 0.1) is 12.8 Å². The molecule has 5 N–H and O–H groups in total. The van der Waals surface area contributed by atoms with Gasteiger partial charge in [0.1, 0.15) is 24.1 Å². The van der Waals surface area contributed by atoms with Crippen LogP contribution in [0.15, 0.2) is 59.5 Å². The first-order chi connectivity index (χ1) is 18.4. The minimum atomic E-state index is -5.14. The molecule has 6 atom stereocenters. The molecule has 2 heterocycles. The number of fused-ring (bicyclic) bond motifs is 1. The van der Waals surface area contributed by atoms with E-state index in [4.69, 9.17) is 9.26 Å². The summed E-state index contributed by atoms with van der Waals surface area (Å²) in [5, 5.41) is 24.6. The molecule has 1 saturated heterocycles. The molecule has 1 amide bonds. The first-order valence-electron chi connectivity index (χ1n) is 11.8. The zero-order chi connectivity index (χ0) is 28.4. The van der Waals surface area contributed by atoms with Crippen LogP contribution in [0, 0.1) is 0 Å². The molecule has 4 rings (SSSR count). The number of phosphoric acid groups is 1. The quantitative estimate of drug-likeness (QED) is 0.217. The fourth-order valence-corrected chi connectivity index (χ4v) is 6.78. The molecule has 210 valence electrons. The summed E-state index contributed by atoms with van der Waals surface area (Å²) in [5.41, 5.74) is -0.494. The van der Waals surface area contributed by atoms with Gasteiger partial charge in [-0.1, -0.05) is 49.4 Å². The molecule has 1 aliphatic rings. The van der Waals surface area contributed by atoms with Gasteiger partial charge < -0.3 is 30.1 Å². The Morgan fingerprint density at radius 3 is 2.54 bits per heavy atom. The van der Waals surface area contributed by atoms with Crippen LogP contribution in [0.1, 0.15) is 25.1 Å². The normalized spacial score (nSPS) is 24.2. The topological polar surface area (TPSA) is 207 Å². The third-order valence-corrected chi connectivity index (χ3v) is 8.97. The van der Waals surface area contributed by atoms with Crippen LogP contribution in [-0.4, -0.2) is 60.4 Å². The van der Waals surface area contributed by atoms with Crippen molar-refractivity contribution >= 4 is 37.9 Å². The average molecular weight is 583 g/mol. The highest BCUT2D eigenvalue weighted by Gasteiger charge is 2.46. The second kappa shape index (κ2) is 11.8. The molecule has 39 heavy (non-hydrogen) atoms. The summed E-state index contributed by atoms with van der Waals surface area (Å²) in [6.45, 7) is 0.785. The zero-order valence-electron chi connectivity index (χ0n) is 20.6. The van der Waals surface area contributed by atoms with E-state index in [1.54, 1.807) is 49.4 Å². The van der Waals surface area contributed by atoms with Crippen LogP contribution in [-0.2, 0) is 33.7 Å². The van der Waals surface area contributed by atoms with E-state index < -0.39 is 58.4 Å². The number of phosphoric ester groups is 1. The van der Waals surface area contributed by atoms with Crippen molar-refractivity contribution in [2.45, 2.75) is 44.0 Å². The minimum absolute atomic E-state index is 0.0219. The largest absolute Gasteiger partial charge is 0.479 e. The molecule has 0 aliphatic carbocycles. The number of nitrogens with one attached hydrogen (secondary N) is 1. The number of hydrogen-bond acceptors (Lipinski definition) is 10. The summed E-state index contributed by atoms with van der Waals surface area (Å²) in [6.07, 6.45) is -5.43. The number of aromatic nitrogens is 2. The lowest BCUT2D eigenvalue weighted by molar-refractivity contribution is -0.115. The maximum atomic E-state index is 12.7. The van der Waals surface area contributed by atoms with Gasteiger partial charge in [0, 0.05) is 12.6 Å². The highest BCUT2D eigenvalue weighted by Crippen LogP contribution is 2.61. The number of amides is 1. The van der Waals surface area contributed by atoms with Gasteiger partial charge in [0.2, 0.25) is 5.91 Å².